The van der Waals surface area contributed by atoms with Crippen molar-refractivity contribution in [3.63, 3.8) is 0 Å². The Morgan fingerprint density at radius 2 is 0.500 bits per heavy atom. The van der Waals surface area contributed by atoms with Crippen molar-refractivity contribution in [3.05, 3.63) is 70.8 Å². The summed E-state index contributed by atoms with van der Waals surface area (Å²) in [4.78, 5) is 8.36. The molecule has 4 aromatic rings. The SMILES string of the molecule is CC(C)(C)c1cc2c3c(c1)Sc1cc(C(C)(C)C)cc4c1OCCSCCOc1c(cc(C(C)(C)C)cc1Sc1cc(C(C)(C)C)cc(c1OCCOCCOCCOCCO3)S4)S2. The van der Waals surface area contributed by atoms with Crippen molar-refractivity contribution in [1.29, 1.82) is 0 Å². The molecule has 4 aromatic carbocycles. The molecule has 0 spiro atoms. The molecule has 0 N–H and O–H groups in total. The number of ether oxygens (including phenoxy) is 7. The average molecular weight is 965 g/mol. The Balaban J connectivity index is 1.62. The first-order chi connectivity index (χ1) is 30.3. The van der Waals surface area contributed by atoms with E-state index in [9.17, 15) is 0 Å². The summed E-state index contributed by atoms with van der Waals surface area (Å²) in [5, 5.41) is 0. The molecule has 4 aliphatic rings. The summed E-state index contributed by atoms with van der Waals surface area (Å²) in [6, 6.07) is 18.7. The summed E-state index contributed by atoms with van der Waals surface area (Å²) in [7, 11) is 0. The molecular weight excluding hydrogens is 897 g/mol. The van der Waals surface area contributed by atoms with E-state index >= 15 is 0 Å². The van der Waals surface area contributed by atoms with Gasteiger partial charge in [0.2, 0.25) is 0 Å². The minimum absolute atomic E-state index is 0.148. The van der Waals surface area contributed by atoms with Crippen LogP contribution in [0.5, 0.6) is 23.0 Å². The van der Waals surface area contributed by atoms with Gasteiger partial charge in [-0.2, -0.15) is 11.8 Å². The second kappa shape index (κ2) is 20.9. The van der Waals surface area contributed by atoms with E-state index < -0.39 is 0 Å². The molecule has 0 aliphatic carbocycles. The summed E-state index contributed by atoms with van der Waals surface area (Å²) in [6.07, 6.45) is 0. The Kier molecular flexibility index (Phi) is 16.2. The highest BCUT2D eigenvalue weighted by atomic mass is 32.2. The summed E-state index contributed by atoms with van der Waals surface area (Å²) < 4.78 is 46.1. The molecule has 64 heavy (non-hydrogen) atoms. The highest BCUT2D eigenvalue weighted by Gasteiger charge is 2.31. The monoisotopic (exact) mass is 964 g/mol. The zero-order chi connectivity index (χ0) is 45.9. The molecule has 0 saturated carbocycles. The van der Waals surface area contributed by atoms with Gasteiger partial charge >= 0.3 is 0 Å². The molecule has 348 valence electrons. The Bertz CT molecular complexity index is 2000. The number of rotatable bonds is 0. The van der Waals surface area contributed by atoms with Crippen molar-refractivity contribution in [3.8, 4) is 23.0 Å². The standard InChI is InChI=1S/C52H68O7S5/c1-49(2,3)33-25-37-45-38(26-33)62-42-30-36(52(10,11)12)32-44-48(42)59-22-24-60-23-21-58-47-41(61-37)29-35(51(7,8)9)31-43(47)63-39-27-34(50(4,5)6)28-40(64-44)46(39)57-20-18-55-16-14-53-13-15-54-17-19-56-45/h25-32H,13-24H2,1-12H3. The second-order valence-corrected chi connectivity index (χ2v) is 26.0. The fraction of sp³-hybridized carbons (Fsp3) is 0.538. The molecule has 0 amide bonds. The van der Waals surface area contributed by atoms with Gasteiger partial charge in [0.15, 0.2) is 0 Å². The van der Waals surface area contributed by atoms with Crippen LogP contribution in [0.3, 0.4) is 0 Å². The van der Waals surface area contributed by atoms with Crippen molar-refractivity contribution in [2.75, 3.05) is 77.6 Å². The van der Waals surface area contributed by atoms with Crippen molar-refractivity contribution in [1.82, 2.24) is 0 Å². The van der Waals surface area contributed by atoms with Crippen molar-refractivity contribution < 1.29 is 33.2 Å². The van der Waals surface area contributed by atoms with Gasteiger partial charge in [-0.05, 0) is 92.4 Å². The smallest absolute Gasteiger partial charge is 0.147 e. The zero-order valence-corrected chi connectivity index (χ0v) is 44.1. The van der Waals surface area contributed by atoms with E-state index in [1.807, 2.05) is 11.8 Å². The van der Waals surface area contributed by atoms with E-state index in [0.717, 1.165) is 73.7 Å². The largest absolute Gasteiger partial charge is 0.490 e. The van der Waals surface area contributed by atoms with Gasteiger partial charge in [-0.1, -0.05) is 130 Å². The van der Waals surface area contributed by atoms with Gasteiger partial charge in [-0.3, -0.25) is 0 Å². The number of hydrogen-bond donors (Lipinski definition) is 0. The lowest BCUT2D eigenvalue weighted by Gasteiger charge is -2.28. The predicted molar refractivity (Wildman–Crippen MR) is 269 cm³/mol. The summed E-state index contributed by atoms with van der Waals surface area (Å²) in [6.45, 7) is 32.1. The minimum atomic E-state index is -0.149. The fourth-order valence-electron chi connectivity index (χ4n) is 7.14. The molecule has 4 heterocycles. The molecule has 8 rings (SSSR count). The lowest BCUT2D eigenvalue weighted by molar-refractivity contribution is 0.00450. The topological polar surface area (TPSA) is 64.6 Å². The highest BCUT2D eigenvalue weighted by Crippen LogP contribution is 2.56. The molecule has 0 radical (unpaired) electrons. The van der Waals surface area contributed by atoms with Crippen molar-refractivity contribution >= 4 is 58.8 Å². The van der Waals surface area contributed by atoms with Gasteiger partial charge in [0.1, 0.15) is 36.2 Å². The van der Waals surface area contributed by atoms with E-state index in [1.54, 1.807) is 47.0 Å². The molecule has 4 aliphatic heterocycles. The van der Waals surface area contributed by atoms with E-state index in [2.05, 4.69) is 132 Å². The maximum atomic E-state index is 7.05. The van der Waals surface area contributed by atoms with Crippen LogP contribution in [0.1, 0.15) is 105 Å². The van der Waals surface area contributed by atoms with Crippen LogP contribution < -0.4 is 18.9 Å². The van der Waals surface area contributed by atoms with E-state index in [0.29, 0.717) is 66.1 Å². The summed E-state index contributed by atoms with van der Waals surface area (Å²) in [5.41, 5.74) is 4.31. The quantitative estimate of drug-likeness (QED) is 0.148. The van der Waals surface area contributed by atoms with Crippen LogP contribution in [0.2, 0.25) is 0 Å². The predicted octanol–water partition coefficient (Wildman–Crippen LogP) is 14.1. The van der Waals surface area contributed by atoms with Crippen LogP contribution in [-0.4, -0.2) is 77.6 Å². The van der Waals surface area contributed by atoms with E-state index in [4.69, 9.17) is 33.2 Å². The molecule has 0 unspecified atom stereocenters. The first-order valence-electron chi connectivity index (χ1n) is 22.5. The van der Waals surface area contributed by atoms with Crippen molar-refractivity contribution in [2.24, 2.45) is 0 Å². The van der Waals surface area contributed by atoms with Crippen LogP contribution in [0.25, 0.3) is 0 Å². The highest BCUT2D eigenvalue weighted by molar-refractivity contribution is 8.01. The van der Waals surface area contributed by atoms with Crippen LogP contribution in [0.4, 0.5) is 0 Å². The maximum Gasteiger partial charge on any atom is 0.147 e. The third-order valence-electron chi connectivity index (χ3n) is 11.1. The molecule has 12 heteroatoms. The second-order valence-electron chi connectivity index (χ2n) is 20.5. The van der Waals surface area contributed by atoms with Crippen LogP contribution in [-0.2, 0) is 35.9 Å². The van der Waals surface area contributed by atoms with Crippen LogP contribution in [0.15, 0.2) is 87.7 Å². The molecule has 0 aromatic heterocycles. The lowest BCUT2D eigenvalue weighted by Crippen LogP contribution is -2.16. The minimum Gasteiger partial charge on any atom is -0.490 e. The number of fused-ring (bicyclic) bond motifs is 6. The van der Waals surface area contributed by atoms with Gasteiger partial charge in [-0.15, -0.1) is 0 Å². The van der Waals surface area contributed by atoms with Gasteiger partial charge in [-0.25, -0.2) is 0 Å². The van der Waals surface area contributed by atoms with Gasteiger partial charge in [0.05, 0.1) is 92.0 Å². The van der Waals surface area contributed by atoms with E-state index in [1.165, 1.54) is 22.3 Å². The van der Waals surface area contributed by atoms with Crippen molar-refractivity contribution in [2.45, 2.75) is 144 Å². The van der Waals surface area contributed by atoms with Gasteiger partial charge in [0, 0.05) is 11.5 Å². The molecule has 0 fully saturated rings. The fourth-order valence-corrected chi connectivity index (χ4v) is 12.5. The van der Waals surface area contributed by atoms with Gasteiger partial charge < -0.3 is 33.2 Å². The summed E-state index contributed by atoms with van der Waals surface area (Å²) in [5.74, 6) is 5.05. The number of benzene rings is 4. The Morgan fingerprint density at radius 3 is 0.719 bits per heavy atom. The van der Waals surface area contributed by atoms with Crippen LogP contribution >= 0.6 is 58.8 Å². The molecule has 0 atom stereocenters. The number of hydrogen-bond acceptors (Lipinski definition) is 12. The molecular formula is C52H68O7S5. The van der Waals surface area contributed by atoms with Gasteiger partial charge in [0.25, 0.3) is 0 Å². The first kappa shape index (κ1) is 49.6. The van der Waals surface area contributed by atoms with Crippen LogP contribution in [0, 0.1) is 0 Å². The zero-order valence-electron chi connectivity index (χ0n) is 40.0. The third kappa shape index (κ3) is 12.6. The maximum absolute atomic E-state index is 7.05. The Labute approximate surface area is 404 Å². The molecule has 0 saturated heterocycles. The normalized spacial score (nSPS) is 17.6. The Hall–Kier alpha value is -2.29. The van der Waals surface area contributed by atoms with E-state index in [-0.39, 0.29) is 21.7 Å². The Morgan fingerprint density at radius 1 is 0.297 bits per heavy atom. The lowest BCUT2D eigenvalue weighted by atomic mass is 9.87. The molecule has 7 nitrogen and oxygen atoms in total. The first-order valence-corrected chi connectivity index (χ1v) is 27.0. The average Bonchev–Trinajstić information content (AvgIpc) is 3.19. The molecule has 12 bridgehead atoms. The summed E-state index contributed by atoms with van der Waals surface area (Å²) >= 11 is 8.80. The third-order valence-corrected chi connectivity index (χ3v) is 16.2. The number of thioether (sulfide) groups is 1.